The Morgan fingerprint density at radius 3 is 2.19 bits per heavy atom. The molecule has 4 nitrogen and oxygen atoms in total. The molecule has 1 aromatic rings. The van der Waals surface area contributed by atoms with Crippen molar-refractivity contribution in [2.24, 2.45) is 5.73 Å². The van der Waals surface area contributed by atoms with Crippen LogP contribution in [0.25, 0.3) is 0 Å². The maximum absolute atomic E-state index is 10.4. The van der Waals surface area contributed by atoms with Crippen molar-refractivity contribution in [1.29, 1.82) is 0 Å². The van der Waals surface area contributed by atoms with Crippen molar-refractivity contribution in [3.8, 4) is 0 Å². The van der Waals surface area contributed by atoms with Crippen LogP contribution in [0.2, 0.25) is 0 Å². The fraction of sp³-hybridized carbons (Fsp3) is 0.333. The number of hydrogen-bond donors (Lipinski definition) is 1. The van der Waals surface area contributed by atoms with Gasteiger partial charge in [-0.1, -0.05) is 30.3 Å². The summed E-state index contributed by atoms with van der Waals surface area (Å²) < 4.78 is 31.2. The molecule has 0 saturated heterocycles. The molecule has 0 spiro atoms. The first-order valence-corrected chi connectivity index (χ1v) is 5.78. The van der Waals surface area contributed by atoms with E-state index >= 15 is 0 Å². The van der Waals surface area contributed by atoms with E-state index in [4.69, 9.17) is 5.73 Å². The second-order valence-electron chi connectivity index (χ2n) is 3.17. The second-order valence-corrected chi connectivity index (χ2v) is 4.62. The van der Waals surface area contributed by atoms with Gasteiger partial charge in [-0.15, -0.1) is 12.4 Å². The summed E-state index contributed by atoms with van der Waals surface area (Å²) in [5, 5.41) is 0. The summed E-state index contributed by atoms with van der Waals surface area (Å²) in [5.74, 6) is -0.512. The first-order chi connectivity index (χ1) is 6.47. The summed E-state index contributed by atoms with van der Waals surface area (Å²) in [7, 11) is -4.22. The molecule has 7 heteroatoms. The van der Waals surface area contributed by atoms with Crippen LogP contribution in [0.1, 0.15) is 5.56 Å². The average molecular weight is 274 g/mol. The molecule has 0 fully saturated rings. The molecule has 0 radical (unpaired) electrons. The molecule has 86 valence electrons. The fourth-order valence-corrected chi connectivity index (χ4v) is 1.88. The van der Waals surface area contributed by atoms with Crippen molar-refractivity contribution >= 4 is 22.5 Å². The van der Waals surface area contributed by atoms with Crippen molar-refractivity contribution < 1.29 is 42.5 Å². The van der Waals surface area contributed by atoms with Crippen LogP contribution in [0.3, 0.4) is 0 Å². The van der Waals surface area contributed by atoms with E-state index in [0.717, 1.165) is 5.56 Å². The molecular weight excluding hydrogens is 261 g/mol. The minimum absolute atomic E-state index is 0. The Balaban J connectivity index is 0. The average Bonchev–Trinajstić information content (AvgIpc) is 2.02. The normalized spacial score (nSPS) is 12.1. The Labute approximate surface area is 124 Å². The Kier molecular flexibility index (Phi) is 9.92. The van der Waals surface area contributed by atoms with Gasteiger partial charge in [0.1, 0.15) is 0 Å². The number of hydrogen-bond acceptors (Lipinski definition) is 4. The molecule has 0 aromatic heterocycles. The van der Waals surface area contributed by atoms with Gasteiger partial charge in [-0.2, -0.15) is 0 Å². The summed E-state index contributed by atoms with van der Waals surface area (Å²) >= 11 is 0. The maximum atomic E-state index is 10.4. The van der Waals surface area contributed by atoms with Gasteiger partial charge in [-0.05, 0) is 12.0 Å². The van der Waals surface area contributed by atoms with Gasteiger partial charge in [0.2, 0.25) is 0 Å². The molecule has 2 N–H and O–H groups in total. The molecule has 0 heterocycles. The van der Waals surface area contributed by atoms with Crippen molar-refractivity contribution in [2.45, 2.75) is 12.5 Å². The Bertz CT molecular complexity index is 385. The predicted molar refractivity (Wildman–Crippen MR) is 59.9 cm³/mol. The van der Waals surface area contributed by atoms with E-state index in [1.165, 1.54) is 0 Å². The Morgan fingerprint density at radius 2 is 1.75 bits per heavy atom. The minimum Gasteiger partial charge on any atom is -0.748 e. The van der Waals surface area contributed by atoms with Crippen LogP contribution in [0, 0.1) is 0 Å². The van der Waals surface area contributed by atoms with Crippen LogP contribution in [-0.4, -0.2) is 24.8 Å². The molecule has 0 aliphatic rings. The fourth-order valence-electron chi connectivity index (χ4n) is 1.24. The maximum Gasteiger partial charge on any atom is 1.00 e. The summed E-state index contributed by atoms with van der Waals surface area (Å²) in [4.78, 5) is 0. The third-order valence-corrected chi connectivity index (χ3v) is 2.60. The van der Waals surface area contributed by atoms with E-state index in [-0.39, 0.29) is 42.0 Å². The van der Waals surface area contributed by atoms with Crippen LogP contribution in [0.5, 0.6) is 0 Å². The molecule has 1 aromatic carbocycles. The molecule has 0 amide bonds. The monoisotopic (exact) mass is 273 g/mol. The molecule has 1 atom stereocenters. The van der Waals surface area contributed by atoms with Crippen LogP contribution >= 0.6 is 12.4 Å². The number of halogens is 1. The van der Waals surface area contributed by atoms with E-state index in [9.17, 15) is 13.0 Å². The SMILES string of the molecule is Cl.NC(Cc1ccccc1)CS(=O)(=O)[O-].[Na+]. The molecule has 0 saturated carbocycles. The quantitative estimate of drug-likeness (QED) is 0.487. The minimum atomic E-state index is -4.22. The van der Waals surface area contributed by atoms with Crippen LogP contribution in [0.4, 0.5) is 0 Å². The topological polar surface area (TPSA) is 83.2 Å². The van der Waals surface area contributed by atoms with E-state index in [2.05, 4.69) is 0 Å². The van der Waals surface area contributed by atoms with Gasteiger partial charge in [0.15, 0.2) is 0 Å². The van der Waals surface area contributed by atoms with E-state index in [1.807, 2.05) is 30.3 Å². The van der Waals surface area contributed by atoms with E-state index in [0.29, 0.717) is 6.42 Å². The predicted octanol–water partition coefficient (Wildman–Crippen LogP) is -2.47. The molecule has 1 rings (SSSR count). The zero-order chi connectivity index (χ0) is 10.6. The van der Waals surface area contributed by atoms with Gasteiger partial charge < -0.3 is 10.3 Å². The van der Waals surface area contributed by atoms with Crippen LogP contribution in [0.15, 0.2) is 30.3 Å². The zero-order valence-electron chi connectivity index (χ0n) is 9.00. The Hall–Kier alpha value is 0.380. The van der Waals surface area contributed by atoms with Crippen LogP contribution in [-0.2, 0) is 16.5 Å². The second kappa shape index (κ2) is 8.47. The van der Waals surface area contributed by atoms with Gasteiger partial charge >= 0.3 is 29.6 Å². The van der Waals surface area contributed by atoms with Crippen molar-refractivity contribution in [2.75, 3.05) is 5.75 Å². The van der Waals surface area contributed by atoms with E-state index in [1.54, 1.807) is 0 Å². The molecule has 0 aliphatic heterocycles. The van der Waals surface area contributed by atoms with Gasteiger partial charge in [-0.3, -0.25) is 0 Å². The number of rotatable bonds is 4. The summed E-state index contributed by atoms with van der Waals surface area (Å²) in [6.07, 6.45) is 0.405. The largest absolute Gasteiger partial charge is 1.00 e. The third kappa shape index (κ3) is 8.52. The number of benzene rings is 1. The first kappa shape index (κ1) is 18.7. The zero-order valence-corrected chi connectivity index (χ0v) is 12.6. The van der Waals surface area contributed by atoms with Gasteiger partial charge in [0, 0.05) is 6.04 Å². The summed E-state index contributed by atoms with van der Waals surface area (Å²) in [6.45, 7) is 0. The van der Waals surface area contributed by atoms with Crippen molar-refractivity contribution in [3.05, 3.63) is 35.9 Å². The molecular formula is C9H13ClNNaO3S. The Morgan fingerprint density at radius 1 is 1.25 bits per heavy atom. The number of nitrogens with two attached hydrogens (primary N) is 1. The van der Waals surface area contributed by atoms with Crippen molar-refractivity contribution in [1.82, 2.24) is 0 Å². The standard InChI is InChI=1S/C9H13NO3S.ClH.Na/c10-9(7-14(11,12)13)6-8-4-2-1-3-5-8;;/h1-5,9H,6-7,10H2,(H,11,12,13);1H;/q;;+1/p-1. The van der Waals surface area contributed by atoms with Gasteiger partial charge in [-0.25, -0.2) is 8.42 Å². The molecule has 1 unspecified atom stereocenters. The summed E-state index contributed by atoms with van der Waals surface area (Å²) in [5.41, 5.74) is 6.45. The molecule has 0 bridgehead atoms. The summed E-state index contributed by atoms with van der Waals surface area (Å²) in [6, 6.07) is 8.61. The van der Waals surface area contributed by atoms with Gasteiger partial charge in [0.05, 0.1) is 15.9 Å². The first-order valence-electron chi connectivity index (χ1n) is 4.20. The van der Waals surface area contributed by atoms with Gasteiger partial charge in [0.25, 0.3) is 0 Å². The van der Waals surface area contributed by atoms with Crippen molar-refractivity contribution in [3.63, 3.8) is 0 Å². The van der Waals surface area contributed by atoms with E-state index < -0.39 is 21.9 Å². The third-order valence-electron chi connectivity index (χ3n) is 1.76. The molecule has 0 aliphatic carbocycles. The van der Waals surface area contributed by atoms with Crippen LogP contribution < -0.4 is 35.3 Å². The smallest absolute Gasteiger partial charge is 0.748 e. The molecule has 16 heavy (non-hydrogen) atoms.